The van der Waals surface area contributed by atoms with E-state index in [2.05, 4.69) is 24.5 Å². The van der Waals surface area contributed by atoms with E-state index in [9.17, 15) is 4.79 Å². The Labute approximate surface area is 123 Å². The predicted octanol–water partition coefficient (Wildman–Crippen LogP) is 3.61. The number of carbonyl (C=O) groups excluding carboxylic acids is 1. The van der Waals surface area contributed by atoms with E-state index >= 15 is 0 Å². The van der Waals surface area contributed by atoms with Crippen LogP contribution in [0.5, 0.6) is 5.75 Å². The molecule has 0 saturated carbocycles. The Morgan fingerprint density at radius 1 is 1.21 bits per heavy atom. The SMILES string of the molecule is CCSC(NC(=O)Nc1ccc(OC)cc1)SCC. The molecule has 0 aliphatic heterocycles. The molecule has 2 amide bonds. The molecule has 0 unspecified atom stereocenters. The van der Waals surface area contributed by atoms with Gasteiger partial charge in [0.05, 0.1) is 7.11 Å². The first-order valence-corrected chi connectivity index (χ1v) is 8.24. The standard InChI is InChI=1S/C13H20N2O2S2/c1-4-18-13(19-5-2)15-12(16)14-10-6-8-11(17-3)9-7-10/h6-9,13H,4-5H2,1-3H3,(H2,14,15,16). The molecule has 106 valence electrons. The van der Waals surface area contributed by atoms with Gasteiger partial charge in [-0.2, -0.15) is 0 Å². The minimum absolute atomic E-state index is 0.0910. The zero-order valence-electron chi connectivity index (χ0n) is 11.4. The van der Waals surface area contributed by atoms with Crippen LogP contribution >= 0.6 is 23.5 Å². The highest BCUT2D eigenvalue weighted by atomic mass is 32.2. The Morgan fingerprint density at radius 2 is 1.79 bits per heavy atom. The fraction of sp³-hybridized carbons (Fsp3) is 0.462. The van der Waals surface area contributed by atoms with Crippen LogP contribution in [-0.2, 0) is 0 Å². The Bertz CT molecular complexity index is 379. The molecule has 19 heavy (non-hydrogen) atoms. The Kier molecular flexibility index (Phi) is 7.59. The molecular formula is C13H20N2O2S2. The molecule has 0 fully saturated rings. The van der Waals surface area contributed by atoms with Gasteiger partial charge in [0.25, 0.3) is 0 Å². The summed E-state index contributed by atoms with van der Waals surface area (Å²) in [7, 11) is 1.61. The van der Waals surface area contributed by atoms with E-state index in [1.807, 2.05) is 24.3 Å². The number of nitrogens with one attached hydrogen (secondary N) is 2. The first kappa shape index (κ1) is 16.0. The predicted molar refractivity (Wildman–Crippen MR) is 85.2 cm³/mol. The Morgan fingerprint density at radius 3 is 2.26 bits per heavy atom. The molecule has 4 nitrogen and oxygen atoms in total. The number of thioether (sulfide) groups is 2. The summed E-state index contributed by atoms with van der Waals surface area (Å²) >= 11 is 3.43. The molecule has 1 rings (SSSR count). The van der Waals surface area contributed by atoms with Crippen LogP contribution in [0, 0.1) is 0 Å². The average Bonchev–Trinajstić information content (AvgIpc) is 2.40. The van der Waals surface area contributed by atoms with Crippen molar-refractivity contribution in [2.24, 2.45) is 0 Å². The van der Waals surface area contributed by atoms with Crippen molar-refractivity contribution in [3.05, 3.63) is 24.3 Å². The number of anilines is 1. The fourth-order valence-electron chi connectivity index (χ4n) is 1.38. The normalized spacial score (nSPS) is 10.3. The van der Waals surface area contributed by atoms with E-state index in [1.54, 1.807) is 30.6 Å². The molecule has 0 aliphatic rings. The van der Waals surface area contributed by atoms with Crippen LogP contribution < -0.4 is 15.4 Å². The van der Waals surface area contributed by atoms with Gasteiger partial charge in [0, 0.05) is 5.69 Å². The smallest absolute Gasteiger partial charge is 0.320 e. The van der Waals surface area contributed by atoms with Crippen LogP contribution in [0.4, 0.5) is 10.5 Å². The van der Waals surface area contributed by atoms with E-state index in [4.69, 9.17) is 4.74 Å². The van der Waals surface area contributed by atoms with Crippen molar-refractivity contribution in [2.45, 2.75) is 18.6 Å². The van der Waals surface area contributed by atoms with E-state index in [-0.39, 0.29) is 10.7 Å². The number of carbonyl (C=O) groups is 1. The molecule has 6 heteroatoms. The number of hydrogen-bond donors (Lipinski definition) is 2. The summed E-state index contributed by atoms with van der Waals surface area (Å²) in [4.78, 5) is 11.8. The van der Waals surface area contributed by atoms with Crippen molar-refractivity contribution >= 4 is 35.2 Å². The molecule has 0 heterocycles. The quantitative estimate of drug-likeness (QED) is 0.755. The van der Waals surface area contributed by atoms with Gasteiger partial charge in [-0.1, -0.05) is 13.8 Å². The van der Waals surface area contributed by atoms with Crippen molar-refractivity contribution in [2.75, 3.05) is 23.9 Å². The fourth-order valence-corrected chi connectivity index (χ4v) is 3.57. The molecule has 0 spiro atoms. The number of methoxy groups -OCH3 is 1. The number of ether oxygens (including phenoxy) is 1. The monoisotopic (exact) mass is 300 g/mol. The van der Waals surface area contributed by atoms with Gasteiger partial charge in [-0.05, 0) is 35.8 Å². The summed E-state index contributed by atoms with van der Waals surface area (Å²) in [6.45, 7) is 4.16. The molecule has 2 N–H and O–H groups in total. The van der Waals surface area contributed by atoms with Crippen LogP contribution in [-0.4, -0.2) is 29.4 Å². The van der Waals surface area contributed by atoms with Crippen molar-refractivity contribution in [1.29, 1.82) is 0 Å². The van der Waals surface area contributed by atoms with Gasteiger partial charge < -0.3 is 15.4 Å². The van der Waals surface area contributed by atoms with Crippen LogP contribution in [0.15, 0.2) is 24.3 Å². The van der Waals surface area contributed by atoms with Gasteiger partial charge in [-0.15, -0.1) is 23.5 Å². The lowest BCUT2D eigenvalue weighted by atomic mass is 10.3. The Balaban J connectivity index is 2.48. The summed E-state index contributed by atoms with van der Waals surface area (Å²) in [5, 5.41) is 5.75. The summed E-state index contributed by atoms with van der Waals surface area (Å²) in [6, 6.07) is 7.07. The zero-order chi connectivity index (χ0) is 14.1. The van der Waals surface area contributed by atoms with Gasteiger partial charge in [0.2, 0.25) is 0 Å². The third-order valence-corrected chi connectivity index (χ3v) is 4.56. The summed E-state index contributed by atoms with van der Waals surface area (Å²) in [5.74, 6) is 2.72. The summed E-state index contributed by atoms with van der Waals surface area (Å²) < 4.78 is 5.16. The highest BCUT2D eigenvalue weighted by Gasteiger charge is 2.11. The number of amides is 2. The van der Waals surface area contributed by atoms with Gasteiger partial charge in [0.1, 0.15) is 10.5 Å². The van der Waals surface area contributed by atoms with Crippen LogP contribution in [0.3, 0.4) is 0 Å². The van der Waals surface area contributed by atoms with Crippen molar-refractivity contribution in [1.82, 2.24) is 5.32 Å². The maximum atomic E-state index is 11.8. The number of urea groups is 1. The van der Waals surface area contributed by atoms with E-state index in [0.29, 0.717) is 0 Å². The van der Waals surface area contributed by atoms with Gasteiger partial charge in [-0.25, -0.2) is 4.79 Å². The lowest BCUT2D eigenvalue weighted by Gasteiger charge is -2.16. The zero-order valence-corrected chi connectivity index (χ0v) is 13.1. The second-order valence-electron chi connectivity index (χ2n) is 3.57. The van der Waals surface area contributed by atoms with Gasteiger partial charge in [0.15, 0.2) is 0 Å². The second kappa shape index (κ2) is 8.98. The van der Waals surface area contributed by atoms with E-state index < -0.39 is 0 Å². The lowest BCUT2D eigenvalue weighted by molar-refractivity contribution is 0.253. The van der Waals surface area contributed by atoms with Crippen LogP contribution in [0.2, 0.25) is 0 Å². The highest BCUT2D eigenvalue weighted by molar-refractivity contribution is 8.16. The van der Waals surface area contributed by atoms with E-state index in [1.165, 1.54) is 0 Å². The summed E-state index contributed by atoms with van der Waals surface area (Å²) in [5.41, 5.74) is 0.750. The molecule has 1 aromatic carbocycles. The minimum atomic E-state index is -0.183. The highest BCUT2D eigenvalue weighted by Crippen LogP contribution is 2.21. The van der Waals surface area contributed by atoms with Crippen molar-refractivity contribution in [3.63, 3.8) is 0 Å². The average molecular weight is 300 g/mol. The van der Waals surface area contributed by atoms with Crippen molar-refractivity contribution in [3.8, 4) is 5.75 Å². The maximum absolute atomic E-state index is 11.8. The molecular weight excluding hydrogens is 280 g/mol. The molecule has 0 bridgehead atoms. The number of benzene rings is 1. The first-order chi connectivity index (χ1) is 9.19. The largest absolute Gasteiger partial charge is 0.497 e. The molecule has 0 atom stereocenters. The van der Waals surface area contributed by atoms with E-state index in [0.717, 1.165) is 22.9 Å². The lowest BCUT2D eigenvalue weighted by Crippen LogP contribution is -2.34. The second-order valence-corrected chi connectivity index (χ2v) is 6.63. The maximum Gasteiger partial charge on any atom is 0.320 e. The van der Waals surface area contributed by atoms with Gasteiger partial charge >= 0.3 is 6.03 Å². The minimum Gasteiger partial charge on any atom is -0.497 e. The molecule has 0 radical (unpaired) electrons. The molecule has 0 aliphatic carbocycles. The molecule has 0 aromatic heterocycles. The molecule has 0 saturated heterocycles. The van der Waals surface area contributed by atoms with Crippen LogP contribution in [0.1, 0.15) is 13.8 Å². The molecule has 1 aromatic rings. The van der Waals surface area contributed by atoms with Gasteiger partial charge in [-0.3, -0.25) is 0 Å². The number of rotatable bonds is 7. The third kappa shape index (κ3) is 6.11. The third-order valence-electron chi connectivity index (χ3n) is 2.23. The van der Waals surface area contributed by atoms with Crippen molar-refractivity contribution < 1.29 is 9.53 Å². The van der Waals surface area contributed by atoms with Crippen LogP contribution in [0.25, 0.3) is 0 Å². The Hall–Kier alpha value is -1.01. The first-order valence-electron chi connectivity index (χ1n) is 6.14. The topological polar surface area (TPSA) is 50.4 Å². The number of hydrogen-bond acceptors (Lipinski definition) is 4. The summed E-state index contributed by atoms with van der Waals surface area (Å²) in [6.07, 6.45) is 0.